The van der Waals surface area contributed by atoms with Crippen LogP contribution in [0.25, 0.3) is 22.4 Å². The first-order chi connectivity index (χ1) is 10.2. The van der Waals surface area contributed by atoms with E-state index in [0.29, 0.717) is 12.2 Å². The predicted octanol–water partition coefficient (Wildman–Crippen LogP) is 3.48. The Labute approximate surface area is 123 Å². The van der Waals surface area contributed by atoms with Crippen molar-refractivity contribution in [3.8, 4) is 17.1 Å². The third-order valence-electron chi connectivity index (χ3n) is 3.47. The van der Waals surface area contributed by atoms with E-state index in [4.69, 9.17) is 15.5 Å². The van der Waals surface area contributed by atoms with E-state index in [2.05, 4.69) is 11.1 Å². The lowest BCUT2D eigenvalue weighted by Gasteiger charge is -2.07. The minimum absolute atomic E-state index is 0.682. The minimum Gasteiger partial charge on any atom is -0.497 e. The zero-order chi connectivity index (χ0) is 14.8. The molecule has 0 aliphatic carbocycles. The van der Waals surface area contributed by atoms with Gasteiger partial charge in [-0.15, -0.1) is 6.58 Å². The van der Waals surface area contributed by atoms with E-state index in [0.717, 1.165) is 28.2 Å². The number of benzene rings is 2. The molecule has 2 aromatic carbocycles. The van der Waals surface area contributed by atoms with Crippen LogP contribution in [-0.4, -0.2) is 16.7 Å². The van der Waals surface area contributed by atoms with Crippen LogP contribution < -0.4 is 10.5 Å². The lowest BCUT2D eigenvalue weighted by molar-refractivity contribution is 0.415. The van der Waals surface area contributed by atoms with Crippen LogP contribution in [0.1, 0.15) is 0 Å². The standard InChI is InChI=1S/C17H17N3O/c1-3-11-20-15-6-4-5-14(18)16(15)19-17(20)12-7-9-13(21-2)10-8-12/h3-10H,1,11,18H2,2H3. The minimum atomic E-state index is 0.682. The molecule has 1 heterocycles. The molecule has 0 atom stereocenters. The zero-order valence-corrected chi connectivity index (χ0v) is 11.9. The van der Waals surface area contributed by atoms with Crippen LogP contribution >= 0.6 is 0 Å². The van der Waals surface area contributed by atoms with Crippen LogP contribution in [0.2, 0.25) is 0 Å². The van der Waals surface area contributed by atoms with Gasteiger partial charge in [0.15, 0.2) is 0 Å². The Morgan fingerprint density at radius 1 is 1.24 bits per heavy atom. The number of hydrogen-bond acceptors (Lipinski definition) is 3. The molecule has 4 heteroatoms. The highest BCUT2D eigenvalue weighted by atomic mass is 16.5. The lowest BCUT2D eigenvalue weighted by Crippen LogP contribution is -1.98. The molecule has 0 unspecified atom stereocenters. The summed E-state index contributed by atoms with van der Waals surface area (Å²) >= 11 is 0. The average Bonchev–Trinajstić information content (AvgIpc) is 2.88. The molecule has 21 heavy (non-hydrogen) atoms. The Hall–Kier alpha value is -2.75. The lowest BCUT2D eigenvalue weighted by atomic mass is 10.2. The number of hydrogen-bond donors (Lipinski definition) is 1. The van der Waals surface area contributed by atoms with Crippen molar-refractivity contribution < 1.29 is 4.74 Å². The van der Waals surface area contributed by atoms with Crippen LogP contribution in [0, 0.1) is 0 Å². The van der Waals surface area contributed by atoms with Crippen molar-refractivity contribution >= 4 is 16.7 Å². The highest BCUT2D eigenvalue weighted by Crippen LogP contribution is 2.29. The van der Waals surface area contributed by atoms with Crippen molar-refractivity contribution in [2.24, 2.45) is 0 Å². The Morgan fingerprint density at radius 3 is 2.67 bits per heavy atom. The predicted molar refractivity (Wildman–Crippen MR) is 86.3 cm³/mol. The van der Waals surface area contributed by atoms with Crippen molar-refractivity contribution in [2.45, 2.75) is 6.54 Å². The second-order valence-electron chi connectivity index (χ2n) is 4.78. The summed E-state index contributed by atoms with van der Waals surface area (Å²) in [6.45, 7) is 4.51. The van der Waals surface area contributed by atoms with Gasteiger partial charge in [0.2, 0.25) is 0 Å². The number of allylic oxidation sites excluding steroid dienone is 1. The summed E-state index contributed by atoms with van der Waals surface area (Å²) in [6.07, 6.45) is 1.86. The van der Waals surface area contributed by atoms with E-state index in [1.165, 1.54) is 0 Å². The van der Waals surface area contributed by atoms with E-state index < -0.39 is 0 Å². The Balaban J connectivity index is 2.22. The fraction of sp³-hybridized carbons (Fsp3) is 0.118. The number of para-hydroxylation sites is 1. The number of anilines is 1. The molecule has 3 aromatic rings. The number of nitrogens with zero attached hydrogens (tertiary/aromatic N) is 2. The molecule has 1 aromatic heterocycles. The normalized spacial score (nSPS) is 10.7. The Kier molecular flexibility index (Phi) is 3.36. The second kappa shape index (κ2) is 5.32. The molecule has 0 spiro atoms. The molecule has 0 aliphatic heterocycles. The third-order valence-corrected chi connectivity index (χ3v) is 3.47. The van der Waals surface area contributed by atoms with E-state index in [1.807, 2.05) is 48.5 Å². The first-order valence-electron chi connectivity index (χ1n) is 6.74. The highest BCUT2D eigenvalue weighted by Gasteiger charge is 2.13. The monoisotopic (exact) mass is 279 g/mol. The van der Waals surface area contributed by atoms with Crippen LogP contribution in [-0.2, 0) is 6.54 Å². The molecule has 106 valence electrons. The van der Waals surface area contributed by atoms with Gasteiger partial charge in [0.05, 0.1) is 18.3 Å². The van der Waals surface area contributed by atoms with Crippen molar-refractivity contribution in [3.63, 3.8) is 0 Å². The number of nitrogens with two attached hydrogens (primary N) is 1. The molecule has 4 nitrogen and oxygen atoms in total. The molecular weight excluding hydrogens is 262 g/mol. The number of nitrogen functional groups attached to an aromatic ring is 1. The molecule has 0 amide bonds. The maximum Gasteiger partial charge on any atom is 0.141 e. The van der Waals surface area contributed by atoms with Gasteiger partial charge in [-0.2, -0.15) is 0 Å². The SMILES string of the molecule is C=CCn1c(-c2ccc(OC)cc2)nc2c(N)cccc21. The summed E-state index contributed by atoms with van der Waals surface area (Å²) in [5.74, 6) is 1.70. The van der Waals surface area contributed by atoms with E-state index in [1.54, 1.807) is 7.11 Å². The van der Waals surface area contributed by atoms with Gasteiger partial charge in [-0.3, -0.25) is 0 Å². The van der Waals surface area contributed by atoms with Gasteiger partial charge in [-0.05, 0) is 36.4 Å². The van der Waals surface area contributed by atoms with Crippen LogP contribution in [0.5, 0.6) is 5.75 Å². The molecule has 0 bridgehead atoms. The smallest absolute Gasteiger partial charge is 0.141 e. The third kappa shape index (κ3) is 2.25. The van der Waals surface area contributed by atoms with Gasteiger partial charge in [-0.1, -0.05) is 12.1 Å². The van der Waals surface area contributed by atoms with Gasteiger partial charge in [0, 0.05) is 12.1 Å². The zero-order valence-electron chi connectivity index (χ0n) is 11.9. The molecule has 0 fully saturated rings. The van der Waals surface area contributed by atoms with Crippen molar-refractivity contribution in [2.75, 3.05) is 12.8 Å². The largest absolute Gasteiger partial charge is 0.497 e. The summed E-state index contributed by atoms with van der Waals surface area (Å²) in [7, 11) is 1.66. The summed E-state index contributed by atoms with van der Waals surface area (Å²) in [5.41, 5.74) is 9.58. The van der Waals surface area contributed by atoms with Crippen molar-refractivity contribution in [3.05, 3.63) is 55.1 Å². The average molecular weight is 279 g/mol. The Morgan fingerprint density at radius 2 is 2.00 bits per heavy atom. The molecule has 3 rings (SSSR count). The first-order valence-corrected chi connectivity index (χ1v) is 6.74. The number of aromatic nitrogens is 2. The van der Waals surface area contributed by atoms with Gasteiger partial charge in [0.1, 0.15) is 17.1 Å². The quantitative estimate of drug-likeness (QED) is 0.587. The number of ether oxygens (including phenoxy) is 1. The van der Waals surface area contributed by atoms with E-state index in [-0.39, 0.29) is 0 Å². The van der Waals surface area contributed by atoms with Crippen LogP contribution in [0.15, 0.2) is 55.1 Å². The van der Waals surface area contributed by atoms with Crippen LogP contribution in [0.4, 0.5) is 5.69 Å². The second-order valence-corrected chi connectivity index (χ2v) is 4.78. The van der Waals surface area contributed by atoms with Crippen molar-refractivity contribution in [1.82, 2.24) is 9.55 Å². The number of imidazole rings is 1. The topological polar surface area (TPSA) is 53.1 Å². The molecule has 0 aliphatic rings. The van der Waals surface area contributed by atoms with Gasteiger partial charge < -0.3 is 15.0 Å². The van der Waals surface area contributed by atoms with Gasteiger partial charge in [-0.25, -0.2) is 4.98 Å². The van der Waals surface area contributed by atoms with Gasteiger partial charge >= 0.3 is 0 Å². The number of fused-ring (bicyclic) bond motifs is 1. The molecule has 0 saturated heterocycles. The molecule has 0 saturated carbocycles. The van der Waals surface area contributed by atoms with Crippen molar-refractivity contribution in [1.29, 1.82) is 0 Å². The number of rotatable bonds is 4. The fourth-order valence-electron chi connectivity index (χ4n) is 2.44. The van der Waals surface area contributed by atoms with Crippen LogP contribution in [0.3, 0.4) is 0 Å². The fourth-order valence-corrected chi connectivity index (χ4v) is 2.44. The Bertz CT molecular complexity index is 788. The maximum atomic E-state index is 6.04. The number of methoxy groups -OCH3 is 1. The highest BCUT2D eigenvalue weighted by molar-refractivity contribution is 5.90. The van der Waals surface area contributed by atoms with E-state index in [9.17, 15) is 0 Å². The summed E-state index contributed by atoms with van der Waals surface area (Å²) in [4.78, 5) is 4.71. The summed E-state index contributed by atoms with van der Waals surface area (Å²) < 4.78 is 7.31. The van der Waals surface area contributed by atoms with E-state index >= 15 is 0 Å². The molecule has 2 N–H and O–H groups in total. The first kappa shape index (κ1) is 13.2. The summed E-state index contributed by atoms with van der Waals surface area (Å²) in [5, 5.41) is 0. The maximum absolute atomic E-state index is 6.04. The molecular formula is C17H17N3O. The summed E-state index contributed by atoms with van der Waals surface area (Å²) in [6, 6.07) is 13.7. The molecule has 0 radical (unpaired) electrons. The van der Waals surface area contributed by atoms with Gasteiger partial charge in [0.25, 0.3) is 0 Å².